The van der Waals surface area contributed by atoms with Gasteiger partial charge in [0.15, 0.2) is 0 Å². The topological polar surface area (TPSA) is 35.5 Å². The molecule has 68 valence electrons. The lowest BCUT2D eigenvalue weighted by atomic mass is 10.5. The van der Waals surface area contributed by atoms with Crippen molar-refractivity contribution in [2.75, 3.05) is 13.2 Å². The standard InChI is InChI=1S/C8H14O3Si/c1-3-8(9)10-6-5-7-12-11-4-2/h3H,1,4-7H2,2H3. The molecule has 0 heterocycles. The first-order chi connectivity index (χ1) is 5.81. The number of esters is 1. The van der Waals surface area contributed by atoms with Gasteiger partial charge in [-0.15, -0.1) is 0 Å². The Kier molecular flexibility index (Phi) is 8.05. The molecule has 0 saturated carbocycles. The average Bonchev–Trinajstić information content (AvgIpc) is 2.10. The lowest BCUT2D eigenvalue weighted by Crippen LogP contribution is -2.04. The highest BCUT2D eigenvalue weighted by Crippen LogP contribution is 1.91. The molecule has 0 aromatic heterocycles. The van der Waals surface area contributed by atoms with Gasteiger partial charge in [-0.1, -0.05) is 6.58 Å². The van der Waals surface area contributed by atoms with E-state index in [0.717, 1.165) is 19.1 Å². The van der Waals surface area contributed by atoms with E-state index in [1.165, 1.54) is 6.08 Å². The van der Waals surface area contributed by atoms with Crippen molar-refractivity contribution in [2.24, 2.45) is 0 Å². The van der Waals surface area contributed by atoms with Crippen LogP contribution < -0.4 is 0 Å². The number of ether oxygens (including phenoxy) is 1. The normalized spacial score (nSPS) is 9.42. The second-order valence-corrected chi connectivity index (χ2v) is 3.13. The van der Waals surface area contributed by atoms with Crippen LogP contribution >= 0.6 is 0 Å². The summed E-state index contributed by atoms with van der Waals surface area (Å²) in [6.45, 7) is 6.47. The fourth-order valence-electron chi connectivity index (χ4n) is 0.550. The third-order valence-electron chi connectivity index (χ3n) is 1.08. The third-order valence-corrected chi connectivity index (χ3v) is 2.13. The van der Waals surface area contributed by atoms with Gasteiger partial charge in [-0.2, -0.15) is 0 Å². The molecule has 0 aromatic rings. The summed E-state index contributed by atoms with van der Waals surface area (Å²) in [4.78, 5) is 10.5. The molecule has 4 heteroatoms. The maximum atomic E-state index is 10.5. The molecular formula is C8H14O3Si. The van der Waals surface area contributed by atoms with Gasteiger partial charge in [-0.3, -0.25) is 0 Å². The Hall–Kier alpha value is -0.613. The van der Waals surface area contributed by atoms with Crippen molar-refractivity contribution in [1.82, 2.24) is 0 Å². The molecule has 3 nitrogen and oxygen atoms in total. The van der Waals surface area contributed by atoms with E-state index in [1.54, 1.807) is 0 Å². The van der Waals surface area contributed by atoms with Gasteiger partial charge in [-0.25, -0.2) is 4.79 Å². The first-order valence-electron chi connectivity index (χ1n) is 3.95. The minimum absolute atomic E-state index is 0.352. The van der Waals surface area contributed by atoms with Crippen LogP contribution in [-0.2, 0) is 14.0 Å². The quantitative estimate of drug-likeness (QED) is 0.259. The maximum Gasteiger partial charge on any atom is 0.330 e. The number of hydrogen-bond acceptors (Lipinski definition) is 3. The summed E-state index contributed by atoms with van der Waals surface area (Å²) in [5.41, 5.74) is 0. The highest BCUT2D eigenvalue weighted by molar-refractivity contribution is 6.26. The van der Waals surface area contributed by atoms with Crippen LogP contribution in [-0.4, -0.2) is 28.9 Å². The van der Waals surface area contributed by atoms with E-state index < -0.39 is 0 Å². The van der Waals surface area contributed by atoms with Gasteiger partial charge < -0.3 is 9.16 Å². The zero-order valence-corrected chi connectivity index (χ0v) is 8.34. The average molecular weight is 186 g/mol. The minimum Gasteiger partial charge on any atom is -0.463 e. The van der Waals surface area contributed by atoms with Crippen LogP contribution in [0.2, 0.25) is 6.04 Å². The molecule has 0 fully saturated rings. The van der Waals surface area contributed by atoms with Crippen LogP contribution in [0.25, 0.3) is 0 Å². The summed E-state index contributed by atoms with van der Waals surface area (Å²) in [7, 11) is 0.519. The second-order valence-electron chi connectivity index (χ2n) is 2.05. The second kappa shape index (κ2) is 8.48. The molecule has 0 unspecified atom stereocenters. The molecule has 0 aliphatic heterocycles. The van der Waals surface area contributed by atoms with E-state index in [9.17, 15) is 4.79 Å². The smallest absolute Gasteiger partial charge is 0.330 e. The van der Waals surface area contributed by atoms with Crippen molar-refractivity contribution in [3.63, 3.8) is 0 Å². The number of hydrogen-bond donors (Lipinski definition) is 0. The number of rotatable bonds is 7. The lowest BCUT2D eigenvalue weighted by Gasteiger charge is -2.00. The van der Waals surface area contributed by atoms with Gasteiger partial charge in [0.05, 0.1) is 6.61 Å². The molecule has 0 rings (SSSR count). The first-order valence-corrected chi connectivity index (χ1v) is 5.06. The van der Waals surface area contributed by atoms with Gasteiger partial charge >= 0.3 is 5.97 Å². The summed E-state index contributed by atoms with van der Waals surface area (Å²) in [5.74, 6) is -0.352. The fraction of sp³-hybridized carbons (Fsp3) is 0.625. The van der Waals surface area contributed by atoms with E-state index in [4.69, 9.17) is 9.16 Å². The van der Waals surface area contributed by atoms with Crippen LogP contribution in [0.5, 0.6) is 0 Å². The largest absolute Gasteiger partial charge is 0.463 e. The SMILES string of the molecule is C=CC(=O)OCCC[Si]OCC. The summed E-state index contributed by atoms with van der Waals surface area (Å²) in [5, 5.41) is 0. The van der Waals surface area contributed by atoms with Gasteiger partial charge in [0.1, 0.15) is 0 Å². The Bertz CT molecular complexity index is 136. The highest BCUT2D eigenvalue weighted by Gasteiger charge is 1.95. The highest BCUT2D eigenvalue weighted by atomic mass is 28.2. The predicted octanol–water partition coefficient (Wildman–Crippen LogP) is 1.18. The van der Waals surface area contributed by atoms with Crippen LogP contribution in [0.4, 0.5) is 0 Å². The molecule has 0 spiro atoms. The molecule has 0 amide bonds. The Labute approximate surface area is 75.7 Å². The zero-order chi connectivity index (χ0) is 9.23. The van der Waals surface area contributed by atoms with Crippen molar-refractivity contribution >= 4 is 15.7 Å². The zero-order valence-electron chi connectivity index (χ0n) is 7.34. The molecule has 0 N–H and O–H groups in total. The molecule has 0 aliphatic carbocycles. The number of carbonyl (C=O) groups is 1. The fourth-order valence-corrected chi connectivity index (χ4v) is 1.19. The molecule has 0 atom stereocenters. The Morgan fingerprint density at radius 3 is 3.00 bits per heavy atom. The molecule has 0 saturated heterocycles. The van der Waals surface area contributed by atoms with E-state index >= 15 is 0 Å². The van der Waals surface area contributed by atoms with E-state index in [0.29, 0.717) is 16.4 Å². The van der Waals surface area contributed by atoms with Crippen molar-refractivity contribution in [3.8, 4) is 0 Å². The summed E-state index contributed by atoms with van der Waals surface area (Å²) < 4.78 is 9.90. The molecule has 12 heavy (non-hydrogen) atoms. The van der Waals surface area contributed by atoms with Gasteiger partial charge in [0.25, 0.3) is 0 Å². The van der Waals surface area contributed by atoms with Crippen LogP contribution in [0.3, 0.4) is 0 Å². The third kappa shape index (κ3) is 7.49. The maximum absolute atomic E-state index is 10.5. The van der Waals surface area contributed by atoms with Gasteiger partial charge in [0.2, 0.25) is 9.76 Å². The van der Waals surface area contributed by atoms with E-state index in [-0.39, 0.29) is 5.97 Å². The summed E-state index contributed by atoms with van der Waals surface area (Å²) >= 11 is 0. The molecule has 0 bridgehead atoms. The van der Waals surface area contributed by atoms with E-state index in [2.05, 4.69) is 6.58 Å². The van der Waals surface area contributed by atoms with Crippen molar-refractivity contribution in [1.29, 1.82) is 0 Å². The molecular weight excluding hydrogens is 172 g/mol. The Balaban J connectivity index is 3.00. The van der Waals surface area contributed by atoms with Crippen molar-refractivity contribution in [3.05, 3.63) is 12.7 Å². The first kappa shape index (κ1) is 11.4. The monoisotopic (exact) mass is 186 g/mol. The van der Waals surface area contributed by atoms with Crippen LogP contribution in [0.1, 0.15) is 13.3 Å². The van der Waals surface area contributed by atoms with Crippen LogP contribution in [0, 0.1) is 0 Å². The van der Waals surface area contributed by atoms with Crippen molar-refractivity contribution in [2.45, 2.75) is 19.4 Å². The lowest BCUT2D eigenvalue weighted by molar-refractivity contribution is -0.137. The molecule has 0 aliphatic rings. The van der Waals surface area contributed by atoms with E-state index in [1.807, 2.05) is 6.92 Å². The minimum atomic E-state index is -0.352. The summed E-state index contributed by atoms with van der Waals surface area (Å²) in [6, 6.07) is 0.957. The van der Waals surface area contributed by atoms with Gasteiger partial charge in [0, 0.05) is 12.7 Å². The predicted molar refractivity (Wildman–Crippen MR) is 48.0 cm³/mol. The van der Waals surface area contributed by atoms with Gasteiger partial charge in [-0.05, 0) is 19.4 Å². The number of carbonyl (C=O) groups excluding carboxylic acids is 1. The summed E-state index contributed by atoms with van der Waals surface area (Å²) in [6.07, 6.45) is 2.03. The Morgan fingerprint density at radius 2 is 2.42 bits per heavy atom. The Morgan fingerprint density at radius 1 is 1.67 bits per heavy atom. The van der Waals surface area contributed by atoms with Crippen LogP contribution in [0.15, 0.2) is 12.7 Å². The molecule has 2 radical (unpaired) electrons. The molecule has 0 aromatic carbocycles. The van der Waals surface area contributed by atoms with Crippen molar-refractivity contribution < 1.29 is 14.0 Å².